The lowest BCUT2D eigenvalue weighted by Crippen LogP contribution is -2.38. The predicted molar refractivity (Wildman–Crippen MR) is 116 cm³/mol. The molecule has 5 rings (SSSR count). The van der Waals surface area contributed by atoms with Gasteiger partial charge in [-0.1, -0.05) is 30.3 Å². The predicted octanol–water partition coefficient (Wildman–Crippen LogP) is 3.80. The van der Waals surface area contributed by atoms with Crippen LogP contribution in [0.3, 0.4) is 0 Å². The van der Waals surface area contributed by atoms with E-state index in [2.05, 4.69) is 15.0 Å². The molecule has 8 heteroatoms. The van der Waals surface area contributed by atoms with Gasteiger partial charge < -0.3 is 10.1 Å². The van der Waals surface area contributed by atoms with Crippen LogP contribution in [0.5, 0.6) is 0 Å². The van der Waals surface area contributed by atoms with Crippen LogP contribution in [0.2, 0.25) is 0 Å². The number of nitrogens with zero attached hydrogens (tertiary/aromatic N) is 2. The Kier molecular flexibility index (Phi) is 5.04. The number of rotatable bonds is 5. The summed E-state index contributed by atoms with van der Waals surface area (Å²) < 4.78 is 34.4. The van der Waals surface area contributed by atoms with E-state index in [9.17, 15) is 8.42 Å². The van der Waals surface area contributed by atoms with E-state index in [4.69, 9.17) is 9.72 Å². The molecular formula is C22H24N4O3S. The summed E-state index contributed by atoms with van der Waals surface area (Å²) in [6.07, 6.45) is 4.44. The highest BCUT2D eigenvalue weighted by Gasteiger charge is 2.38. The van der Waals surface area contributed by atoms with Crippen molar-refractivity contribution in [3.63, 3.8) is 0 Å². The van der Waals surface area contributed by atoms with Crippen LogP contribution >= 0.6 is 0 Å². The maximum Gasteiger partial charge on any atom is 0.263 e. The number of fused-ring (bicyclic) bond motifs is 2. The van der Waals surface area contributed by atoms with E-state index in [1.54, 1.807) is 30.3 Å². The molecule has 30 heavy (non-hydrogen) atoms. The Labute approximate surface area is 175 Å². The normalized spacial score (nSPS) is 23.8. The fourth-order valence-corrected chi connectivity index (χ4v) is 5.52. The zero-order valence-corrected chi connectivity index (χ0v) is 17.3. The number of anilines is 2. The topological polar surface area (TPSA) is 93.2 Å². The van der Waals surface area contributed by atoms with Crippen molar-refractivity contribution in [3.8, 4) is 0 Å². The third-order valence-electron chi connectivity index (χ3n) is 5.96. The van der Waals surface area contributed by atoms with Gasteiger partial charge in [-0.3, -0.25) is 4.72 Å². The van der Waals surface area contributed by atoms with Crippen LogP contribution in [0.15, 0.2) is 59.5 Å². The van der Waals surface area contributed by atoms with E-state index < -0.39 is 10.0 Å². The molecule has 2 aromatic carbocycles. The fraction of sp³-hybridized carbons (Fsp3) is 0.364. The lowest BCUT2D eigenvalue weighted by Gasteiger charge is -2.33. The highest BCUT2D eigenvalue weighted by atomic mass is 32.2. The van der Waals surface area contributed by atoms with Crippen molar-refractivity contribution in [2.45, 2.75) is 42.7 Å². The van der Waals surface area contributed by atoms with E-state index in [0.29, 0.717) is 17.3 Å². The molecule has 1 saturated carbocycles. The summed E-state index contributed by atoms with van der Waals surface area (Å²) in [6, 6.07) is 15.9. The molecule has 0 bridgehead atoms. The molecule has 2 fully saturated rings. The van der Waals surface area contributed by atoms with Gasteiger partial charge in [-0.15, -0.1) is 0 Å². The van der Waals surface area contributed by atoms with Crippen molar-refractivity contribution in [1.82, 2.24) is 9.97 Å². The Morgan fingerprint density at radius 1 is 0.867 bits per heavy atom. The average molecular weight is 425 g/mol. The van der Waals surface area contributed by atoms with Gasteiger partial charge in [0.15, 0.2) is 11.6 Å². The van der Waals surface area contributed by atoms with Gasteiger partial charge in [0.2, 0.25) is 0 Å². The molecule has 3 aromatic rings. The quantitative estimate of drug-likeness (QED) is 0.647. The largest absolute Gasteiger partial charge is 0.378 e. The van der Waals surface area contributed by atoms with Crippen LogP contribution in [-0.4, -0.2) is 37.1 Å². The summed E-state index contributed by atoms with van der Waals surface area (Å²) in [4.78, 5) is 9.50. The minimum Gasteiger partial charge on any atom is -0.378 e. The first kappa shape index (κ1) is 19.3. The maximum atomic E-state index is 12.9. The Balaban J connectivity index is 1.52. The third-order valence-corrected chi connectivity index (χ3v) is 7.31. The molecule has 156 valence electrons. The van der Waals surface area contributed by atoms with Gasteiger partial charge >= 0.3 is 0 Å². The summed E-state index contributed by atoms with van der Waals surface area (Å²) in [6.45, 7) is 0.782. The third kappa shape index (κ3) is 3.73. The van der Waals surface area contributed by atoms with Crippen molar-refractivity contribution in [3.05, 3.63) is 54.6 Å². The van der Waals surface area contributed by atoms with Gasteiger partial charge in [0.1, 0.15) is 0 Å². The molecule has 2 N–H and O–H groups in total. The fourth-order valence-electron chi connectivity index (χ4n) is 4.49. The Bertz CT molecular complexity index is 1150. The van der Waals surface area contributed by atoms with Gasteiger partial charge in [-0.05, 0) is 49.9 Å². The standard InChI is InChI=1S/C22H24N4O3S/c27-30(28,15-7-2-1-3-8-15)26-22-21(24-18-9-4-5-10-19(18)25-22)23-17-11-6-12-20-16(17)13-14-29-20/h1-5,7-10,16-17,20H,6,11-14H2,(H,23,24)(H,25,26). The van der Waals surface area contributed by atoms with Crippen molar-refractivity contribution >= 4 is 32.7 Å². The number of sulfonamides is 1. The van der Waals surface area contributed by atoms with Gasteiger partial charge in [0.05, 0.1) is 22.0 Å². The zero-order chi connectivity index (χ0) is 20.6. The van der Waals surface area contributed by atoms with Crippen LogP contribution in [0.25, 0.3) is 11.0 Å². The number of aromatic nitrogens is 2. The molecule has 2 heterocycles. The molecule has 1 aliphatic carbocycles. The number of ether oxygens (including phenoxy) is 1. The van der Waals surface area contributed by atoms with Crippen molar-refractivity contribution in [2.24, 2.45) is 5.92 Å². The summed E-state index contributed by atoms with van der Waals surface area (Å²) in [7, 11) is -3.78. The number of nitrogens with one attached hydrogen (secondary N) is 2. The summed E-state index contributed by atoms with van der Waals surface area (Å²) in [5.74, 6) is 1.09. The van der Waals surface area contributed by atoms with E-state index in [0.717, 1.165) is 37.8 Å². The second-order valence-electron chi connectivity index (χ2n) is 7.87. The lowest BCUT2D eigenvalue weighted by molar-refractivity contribution is 0.0620. The van der Waals surface area contributed by atoms with Crippen LogP contribution in [-0.2, 0) is 14.8 Å². The number of hydrogen-bond donors (Lipinski definition) is 2. The minimum absolute atomic E-state index is 0.182. The minimum atomic E-state index is -3.78. The number of hydrogen-bond acceptors (Lipinski definition) is 6. The Morgan fingerprint density at radius 2 is 1.57 bits per heavy atom. The van der Waals surface area contributed by atoms with E-state index in [1.807, 2.05) is 24.3 Å². The lowest BCUT2D eigenvalue weighted by atomic mass is 9.82. The van der Waals surface area contributed by atoms with Crippen LogP contribution in [0, 0.1) is 5.92 Å². The second kappa shape index (κ2) is 7.85. The van der Waals surface area contributed by atoms with E-state index >= 15 is 0 Å². The number of para-hydroxylation sites is 2. The van der Waals surface area contributed by atoms with Crippen LogP contribution in [0.1, 0.15) is 25.7 Å². The Hall–Kier alpha value is -2.71. The van der Waals surface area contributed by atoms with E-state index in [1.165, 1.54) is 0 Å². The molecule has 0 spiro atoms. The molecular weight excluding hydrogens is 400 g/mol. The molecule has 0 radical (unpaired) electrons. The van der Waals surface area contributed by atoms with E-state index in [-0.39, 0.29) is 22.9 Å². The molecule has 2 aliphatic rings. The smallest absolute Gasteiger partial charge is 0.263 e. The van der Waals surface area contributed by atoms with Gasteiger partial charge in [0, 0.05) is 18.6 Å². The van der Waals surface area contributed by atoms with Crippen LogP contribution in [0.4, 0.5) is 11.6 Å². The maximum absolute atomic E-state index is 12.9. The zero-order valence-electron chi connectivity index (χ0n) is 16.5. The van der Waals surface area contributed by atoms with Crippen LogP contribution < -0.4 is 10.0 Å². The monoisotopic (exact) mass is 424 g/mol. The van der Waals surface area contributed by atoms with Crippen molar-refractivity contribution in [2.75, 3.05) is 16.6 Å². The highest BCUT2D eigenvalue weighted by Crippen LogP contribution is 2.37. The van der Waals surface area contributed by atoms with Gasteiger partial charge in [-0.2, -0.15) is 0 Å². The SMILES string of the molecule is O=S(=O)(Nc1nc2ccccc2nc1NC1CCCC2OCCC12)c1ccccc1. The Morgan fingerprint density at radius 3 is 2.33 bits per heavy atom. The second-order valence-corrected chi connectivity index (χ2v) is 9.55. The molecule has 1 aromatic heterocycles. The first-order chi connectivity index (χ1) is 14.6. The summed E-state index contributed by atoms with van der Waals surface area (Å²) in [5, 5.41) is 3.51. The molecule has 0 amide bonds. The molecule has 3 atom stereocenters. The van der Waals surface area contributed by atoms with Gasteiger partial charge in [-0.25, -0.2) is 18.4 Å². The van der Waals surface area contributed by atoms with Crippen molar-refractivity contribution in [1.29, 1.82) is 0 Å². The average Bonchev–Trinajstić information content (AvgIpc) is 3.24. The highest BCUT2D eigenvalue weighted by molar-refractivity contribution is 7.92. The summed E-state index contributed by atoms with van der Waals surface area (Å²) >= 11 is 0. The first-order valence-corrected chi connectivity index (χ1v) is 11.8. The number of benzene rings is 2. The molecule has 1 aliphatic heterocycles. The van der Waals surface area contributed by atoms with Gasteiger partial charge in [0.25, 0.3) is 10.0 Å². The first-order valence-electron chi connectivity index (χ1n) is 10.3. The molecule has 7 nitrogen and oxygen atoms in total. The summed E-state index contributed by atoms with van der Waals surface area (Å²) in [5.41, 5.74) is 1.36. The molecule has 1 saturated heterocycles. The molecule has 3 unspecified atom stereocenters. The van der Waals surface area contributed by atoms with Crippen molar-refractivity contribution < 1.29 is 13.2 Å².